The van der Waals surface area contributed by atoms with Gasteiger partial charge in [0, 0.05) is 33.9 Å². The summed E-state index contributed by atoms with van der Waals surface area (Å²) in [6.45, 7) is 2.28. The van der Waals surface area contributed by atoms with Crippen molar-refractivity contribution in [3.05, 3.63) is 309 Å². The summed E-state index contributed by atoms with van der Waals surface area (Å²) in [6.07, 6.45) is 8.02. The van der Waals surface area contributed by atoms with Gasteiger partial charge in [-0.25, -0.2) is 0 Å². The fourth-order valence-corrected chi connectivity index (χ4v) is 10.4. The topological polar surface area (TPSA) is 6.48 Å². The van der Waals surface area contributed by atoms with Gasteiger partial charge in [0.1, 0.15) is 0 Å². The minimum absolute atomic E-state index is 0.545. The Morgan fingerprint density at radius 2 is 0.547 bits per heavy atom. The van der Waals surface area contributed by atoms with Gasteiger partial charge in [0.25, 0.3) is 0 Å². The average Bonchev–Trinajstić information content (AvgIpc) is 3.49. The highest BCUT2D eigenvalue weighted by Gasteiger charge is 2.25. The standard InChI is InChI=1S/C73H56N2/c1-53-27-29-59(30-28-53)63-37-47-69(48-38-63)75(68-45-35-62(36-46-68)56-21-11-4-12-22-56)73-50-40-65(58-25-15-6-16-26-58)52-71(73)70-51-64(57-23-13-5-14-24-57)39-49-72(70)74(66-41-31-60(32-42-66)54-17-7-2-8-18-54)67-43-33-61(34-44-67)55-19-9-3-10-20-55/h2-27,29-53H,28H2,1H3. The maximum atomic E-state index is 2.45. The quantitative estimate of drug-likeness (QED) is 0.114. The second kappa shape index (κ2) is 21.3. The van der Waals surface area contributed by atoms with Crippen LogP contribution < -0.4 is 9.80 Å². The molecule has 2 nitrogen and oxygen atoms in total. The first kappa shape index (κ1) is 46.6. The van der Waals surface area contributed by atoms with Gasteiger partial charge in [0.15, 0.2) is 0 Å². The summed E-state index contributed by atoms with van der Waals surface area (Å²) in [4.78, 5) is 4.88. The molecule has 0 heterocycles. The largest absolute Gasteiger partial charge is 0.310 e. The van der Waals surface area contributed by atoms with E-state index < -0.39 is 0 Å². The van der Waals surface area contributed by atoms with E-state index in [-0.39, 0.29) is 0 Å². The number of anilines is 6. The average molecular weight is 961 g/mol. The highest BCUT2D eigenvalue weighted by Crippen LogP contribution is 2.50. The molecule has 0 N–H and O–H groups in total. The van der Waals surface area contributed by atoms with Crippen molar-refractivity contribution in [1.29, 1.82) is 0 Å². The lowest BCUT2D eigenvalue weighted by Gasteiger charge is -2.32. The van der Waals surface area contributed by atoms with Gasteiger partial charge in [-0.2, -0.15) is 0 Å². The molecule has 0 saturated carbocycles. The van der Waals surface area contributed by atoms with Crippen LogP contribution in [0.1, 0.15) is 18.9 Å². The minimum atomic E-state index is 0.545. The Balaban J connectivity index is 1.10. The monoisotopic (exact) mass is 960 g/mol. The number of allylic oxidation sites excluding steroid dienone is 4. The molecule has 2 heteroatoms. The molecular weight excluding hydrogens is 905 g/mol. The highest BCUT2D eigenvalue weighted by molar-refractivity contribution is 5.99. The molecule has 1 aliphatic rings. The van der Waals surface area contributed by atoms with Gasteiger partial charge in [0.2, 0.25) is 0 Å². The summed E-state index contributed by atoms with van der Waals surface area (Å²) in [5.41, 5.74) is 22.7. The summed E-state index contributed by atoms with van der Waals surface area (Å²) in [6, 6.07) is 104. The molecule has 0 saturated heterocycles. The molecule has 0 aliphatic heterocycles. The van der Waals surface area contributed by atoms with Gasteiger partial charge in [-0.15, -0.1) is 0 Å². The molecule has 12 rings (SSSR count). The lowest BCUT2D eigenvalue weighted by atomic mass is 9.91. The lowest BCUT2D eigenvalue weighted by molar-refractivity contribution is 0.739. The van der Waals surface area contributed by atoms with E-state index >= 15 is 0 Å². The molecule has 0 aromatic heterocycles. The van der Waals surface area contributed by atoms with Crippen molar-refractivity contribution < 1.29 is 0 Å². The highest BCUT2D eigenvalue weighted by atomic mass is 15.2. The van der Waals surface area contributed by atoms with Gasteiger partial charge in [-0.1, -0.05) is 237 Å². The van der Waals surface area contributed by atoms with E-state index in [0.29, 0.717) is 5.92 Å². The maximum Gasteiger partial charge on any atom is 0.0541 e. The summed E-state index contributed by atoms with van der Waals surface area (Å²) in [5.74, 6) is 0.545. The number of benzene rings is 11. The van der Waals surface area contributed by atoms with Crippen molar-refractivity contribution in [3.8, 4) is 66.8 Å². The zero-order chi connectivity index (χ0) is 50.3. The zero-order valence-electron chi connectivity index (χ0n) is 42.0. The van der Waals surface area contributed by atoms with Crippen molar-refractivity contribution >= 4 is 39.7 Å². The smallest absolute Gasteiger partial charge is 0.0541 e. The molecule has 11 aromatic carbocycles. The molecule has 1 unspecified atom stereocenters. The summed E-state index contributed by atoms with van der Waals surface area (Å²) >= 11 is 0. The molecule has 358 valence electrons. The predicted octanol–water partition coefficient (Wildman–Crippen LogP) is 20.6. The maximum absolute atomic E-state index is 2.45. The van der Waals surface area contributed by atoms with Crippen molar-refractivity contribution in [1.82, 2.24) is 0 Å². The van der Waals surface area contributed by atoms with Crippen LogP contribution in [0.5, 0.6) is 0 Å². The SMILES string of the molecule is CC1C=CC(c2ccc(N(c3ccc(-c4ccccc4)cc3)c3ccc(-c4ccccc4)cc3-c3cc(-c4ccccc4)ccc3N(c3ccc(-c4ccccc4)cc3)c3ccc(-c4ccccc4)cc3)cc2)=CC1. The van der Waals surface area contributed by atoms with Crippen LogP contribution in [0.25, 0.3) is 72.3 Å². The predicted molar refractivity (Wildman–Crippen MR) is 319 cm³/mol. The second-order valence-electron chi connectivity index (χ2n) is 19.4. The van der Waals surface area contributed by atoms with Gasteiger partial charge in [-0.3, -0.25) is 0 Å². The van der Waals surface area contributed by atoms with E-state index in [0.717, 1.165) is 73.9 Å². The van der Waals surface area contributed by atoms with Crippen molar-refractivity contribution in [3.63, 3.8) is 0 Å². The Bertz CT molecular complexity index is 3650. The van der Waals surface area contributed by atoms with E-state index in [4.69, 9.17) is 0 Å². The third kappa shape index (κ3) is 10.0. The second-order valence-corrected chi connectivity index (χ2v) is 19.4. The fourth-order valence-electron chi connectivity index (χ4n) is 10.4. The van der Waals surface area contributed by atoms with Crippen LogP contribution in [0.3, 0.4) is 0 Å². The Labute approximate surface area is 442 Å². The van der Waals surface area contributed by atoms with E-state index in [1.165, 1.54) is 44.5 Å². The van der Waals surface area contributed by atoms with Crippen LogP contribution in [-0.4, -0.2) is 0 Å². The van der Waals surface area contributed by atoms with E-state index in [2.05, 4.69) is 320 Å². The van der Waals surface area contributed by atoms with Crippen molar-refractivity contribution in [2.45, 2.75) is 13.3 Å². The Kier molecular flexibility index (Phi) is 13.2. The number of nitrogens with zero attached hydrogens (tertiary/aromatic N) is 2. The van der Waals surface area contributed by atoms with Crippen LogP contribution in [0, 0.1) is 5.92 Å². The van der Waals surface area contributed by atoms with Gasteiger partial charge in [-0.05, 0) is 152 Å². The Morgan fingerprint density at radius 3 is 0.840 bits per heavy atom. The van der Waals surface area contributed by atoms with Crippen molar-refractivity contribution in [2.24, 2.45) is 5.92 Å². The molecule has 0 amide bonds. The van der Waals surface area contributed by atoms with Gasteiger partial charge >= 0.3 is 0 Å². The molecule has 1 aliphatic carbocycles. The first-order chi connectivity index (χ1) is 37.1. The lowest BCUT2D eigenvalue weighted by Crippen LogP contribution is -2.14. The summed E-state index contributed by atoms with van der Waals surface area (Å²) < 4.78 is 0. The molecule has 0 radical (unpaired) electrons. The number of hydrogen-bond donors (Lipinski definition) is 0. The van der Waals surface area contributed by atoms with Crippen LogP contribution in [0.2, 0.25) is 0 Å². The van der Waals surface area contributed by atoms with Gasteiger partial charge < -0.3 is 9.80 Å². The van der Waals surface area contributed by atoms with Gasteiger partial charge in [0.05, 0.1) is 11.4 Å². The third-order valence-electron chi connectivity index (χ3n) is 14.4. The Hall–Kier alpha value is -9.50. The van der Waals surface area contributed by atoms with Crippen molar-refractivity contribution in [2.75, 3.05) is 9.80 Å². The normalized spacial score (nSPS) is 13.0. The van der Waals surface area contributed by atoms with Crippen LogP contribution >= 0.6 is 0 Å². The number of hydrogen-bond acceptors (Lipinski definition) is 2. The van der Waals surface area contributed by atoms with Crippen LogP contribution in [0.4, 0.5) is 34.1 Å². The van der Waals surface area contributed by atoms with E-state index in [1.807, 2.05) is 0 Å². The zero-order valence-corrected chi connectivity index (χ0v) is 42.0. The molecular formula is C73H56N2. The third-order valence-corrected chi connectivity index (χ3v) is 14.4. The summed E-state index contributed by atoms with van der Waals surface area (Å²) in [5, 5.41) is 0. The minimum Gasteiger partial charge on any atom is -0.310 e. The Morgan fingerprint density at radius 1 is 0.280 bits per heavy atom. The fraction of sp³-hybridized carbons (Fsp3) is 0.0411. The summed E-state index contributed by atoms with van der Waals surface area (Å²) in [7, 11) is 0. The molecule has 0 fully saturated rings. The number of rotatable bonds is 13. The van der Waals surface area contributed by atoms with Crippen LogP contribution in [0.15, 0.2) is 303 Å². The molecule has 11 aromatic rings. The van der Waals surface area contributed by atoms with E-state index in [1.54, 1.807) is 0 Å². The van der Waals surface area contributed by atoms with Crippen LogP contribution in [-0.2, 0) is 0 Å². The first-order valence-electron chi connectivity index (χ1n) is 26.0. The van der Waals surface area contributed by atoms with E-state index in [9.17, 15) is 0 Å². The molecule has 1 atom stereocenters. The molecule has 0 bridgehead atoms. The molecule has 0 spiro atoms. The first-order valence-corrected chi connectivity index (χ1v) is 26.0. The molecule has 75 heavy (non-hydrogen) atoms.